The molecule has 5 heteroatoms. The fraction of sp³-hybridized carbons (Fsp3) is 0.381. The Morgan fingerprint density at radius 1 is 1.08 bits per heavy atom. The zero-order valence-corrected chi connectivity index (χ0v) is 15.3. The van der Waals surface area contributed by atoms with Crippen molar-refractivity contribution in [2.45, 2.75) is 51.0 Å². The Labute approximate surface area is 153 Å². The van der Waals surface area contributed by atoms with Crippen molar-refractivity contribution in [3.05, 3.63) is 65.7 Å². The molecule has 1 amide bonds. The Morgan fingerprint density at radius 2 is 1.73 bits per heavy atom. The third-order valence-corrected chi connectivity index (χ3v) is 4.92. The van der Waals surface area contributed by atoms with E-state index in [0.717, 1.165) is 16.8 Å². The summed E-state index contributed by atoms with van der Waals surface area (Å²) in [6.07, 6.45) is -0.429. The number of nitrogens with zero attached hydrogens (tertiary/aromatic N) is 2. The van der Waals surface area contributed by atoms with E-state index in [2.05, 4.69) is 0 Å². The zero-order valence-electron chi connectivity index (χ0n) is 15.3. The van der Waals surface area contributed by atoms with Crippen LogP contribution in [0.4, 0.5) is 10.5 Å². The molecular formula is C21H24N2O3. The van der Waals surface area contributed by atoms with E-state index in [-0.39, 0.29) is 6.04 Å². The van der Waals surface area contributed by atoms with E-state index in [4.69, 9.17) is 4.74 Å². The SMILES string of the molecule is CC(C)(C)OC(=O)N1[C@H](c2ccccc2)[C@@H](O)[C@@H]2Cc3ccccc3N21. The number of rotatable bonds is 1. The first-order valence-electron chi connectivity index (χ1n) is 8.99. The van der Waals surface area contributed by atoms with Crippen LogP contribution < -0.4 is 5.01 Å². The summed E-state index contributed by atoms with van der Waals surface area (Å²) in [5.41, 5.74) is 2.39. The van der Waals surface area contributed by atoms with Gasteiger partial charge in [-0.1, -0.05) is 48.5 Å². The van der Waals surface area contributed by atoms with Gasteiger partial charge in [-0.15, -0.1) is 0 Å². The molecule has 0 aliphatic carbocycles. The molecule has 0 spiro atoms. The van der Waals surface area contributed by atoms with Crippen molar-refractivity contribution in [1.29, 1.82) is 0 Å². The Kier molecular flexibility index (Phi) is 3.92. The number of para-hydroxylation sites is 1. The summed E-state index contributed by atoms with van der Waals surface area (Å²) in [7, 11) is 0. The molecule has 0 saturated carbocycles. The molecule has 2 aliphatic heterocycles. The normalized spacial score (nSPS) is 24.4. The summed E-state index contributed by atoms with van der Waals surface area (Å²) in [4.78, 5) is 13.1. The molecule has 0 radical (unpaired) electrons. The number of aliphatic hydroxyl groups excluding tert-OH is 1. The predicted molar refractivity (Wildman–Crippen MR) is 99.7 cm³/mol. The van der Waals surface area contributed by atoms with Gasteiger partial charge in [0.25, 0.3) is 0 Å². The Hall–Kier alpha value is -2.53. The molecule has 2 aliphatic rings. The average molecular weight is 352 g/mol. The van der Waals surface area contributed by atoms with E-state index in [1.807, 2.05) is 80.4 Å². The molecule has 1 saturated heterocycles. The topological polar surface area (TPSA) is 53.0 Å². The number of benzene rings is 2. The third kappa shape index (κ3) is 2.72. The number of amides is 1. The van der Waals surface area contributed by atoms with Crippen molar-refractivity contribution >= 4 is 11.8 Å². The standard InChI is InChI=1S/C21H24N2O3/c1-21(2,3)26-20(25)23-18(14-9-5-4-6-10-14)19(24)17-13-15-11-7-8-12-16(15)22(17)23/h4-12,17-19,24H,13H2,1-3H3/t17-,18+,19-/m0/s1. The number of ether oxygens (including phenoxy) is 1. The van der Waals surface area contributed by atoms with Crippen LogP contribution in [0.5, 0.6) is 0 Å². The van der Waals surface area contributed by atoms with Gasteiger partial charge in [0.15, 0.2) is 0 Å². The highest BCUT2D eigenvalue weighted by Gasteiger charge is 2.54. The summed E-state index contributed by atoms with van der Waals surface area (Å²) in [6, 6.07) is 17.0. The van der Waals surface area contributed by atoms with E-state index in [0.29, 0.717) is 6.42 Å². The van der Waals surface area contributed by atoms with Crippen molar-refractivity contribution in [3.63, 3.8) is 0 Å². The highest BCUT2D eigenvalue weighted by atomic mass is 16.6. The number of hydrogen-bond donors (Lipinski definition) is 1. The quantitative estimate of drug-likeness (QED) is 0.850. The molecule has 26 heavy (non-hydrogen) atoms. The minimum absolute atomic E-state index is 0.176. The molecule has 4 rings (SSSR count). The lowest BCUT2D eigenvalue weighted by atomic mass is 9.96. The number of aliphatic hydroxyl groups is 1. The van der Waals surface area contributed by atoms with Gasteiger partial charge in [-0.25, -0.2) is 9.80 Å². The minimum Gasteiger partial charge on any atom is -0.442 e. The van der Waals surface area contributed by atoms with E-state index in [1.54, 1.807) is 5.01 Å². The molecule has 0 unspecified atom stereocenters. The Bertz CT molecular complexity index is 814. The van der Waals surface area contributed by atoms with Crippen LogP contribution in [0.25, 0.3) is 0 Å². The molecule has 136 valence electrons. The molecule has 5 nitrogen and oxygen atoms in total. The number of carbonyl (C=O) groups is 1. The fourth-order valence-electron chi connectivity index (χ4n) is 3.93. The maximum Gasteiger partial charge on any atom is 0.430 e. The molecule has 0 aromatic heterocycles. The number of fused-ring (bicyclic) bond motifs is 3. The monoisotopic (exact) mass is 352 g/mol. The van der Waals surface area contributed by atoms with Gasteiger partial charge in [0.2, 0.25) is 0 Å². The zero-order chi connectivity index (χ0) is 18.5. The number of hydrogen-bond acceptors (Lipinski definition) is 4. The van der Waals surface area contributed by atoms with Crippen molar-refractivity contribution in [1.82, 2.24) is 5.01 Å². The van der Waals surface area contributed by atoms with Gasteiger partial charge in [-0.05, 0) is 44.4 Å². The molecule has 1 fully saturated rings. The molecular weight excluding hydrogens is 328 g/mol. The second-order valence-electron chi connectivity index (χ2n) is 7.92. The van der Waals surface area contributed by atoms with E-state index in [1.165, 1.54) is 0 Å². The van der Waals surface area contributed by atoms with Crippen molar-refractivity contribution in [2.24, 2.45) is 0 Å². The van der Waals surface area contributed by atoms with Gasteiger partial charge in [0.1, 0.15) is 17.7 Å². The predicted octanol–water partition coefficient (Wildman–Crippen LogP) is 3.69. The summed E-state index contributed by atoms with van der Waals surface area (Å²) in [5, 5.41) is 14.6. The maximum absolute atomic E-state index is 13.1. The molecule has 2 aromatic rings. The van der Waals surface area contributed by atoms with Gasteiger partial charge in [-0.2, -0.15) is 0 Å². The molecule has 0 bridgehead atoms. The van der Waals surface area contributed by atoms with Crippen LogP contribution in [0, 0.1) is 0 Å². The van der Waals surface area contributed by atoms with Crippen LogP contribution >= 0.6 is 0 Å². The summed E-state index contributed by atoms with van der Waals surface area (Å²) >= 11 is 0. The van der Waals surface area contributed by atoms with Crippen LogP contribution in [-0.2, 0) is 11.2 Å². The van der Waals surface area contributed by atoms with Crippen LogP contribution in [-0.4, -0.2) is 34.0 Å². The average Bonchev–Trinajstić information content (AvgIpc) is 3.09. The van der Waals surface area contributed by atoms with Crippen LogP contribution in [0.2, 0.25) is 0 Å². The Balaban J connectivity index is 1.79. The van der Waals surface area contributed by atoms with Gasteiger partial charge in [-0.3, -0.25) is 5.01 Å². The third-order valence-electron chi connectivity index (χ3n) is 4.92. The lowest BCUT2D eigenvalue weighted by Crippen LogP contribution is -2.46. The molecule has 2 heterocycles. The van der Waals surface area contributed by atoms with E-state index < -0.39 is 23.8 Å². The maximum atomic E-state index is 13.1. The summed E-state index contributed by atoms with van der Waals surface area (Å²) in [6.45, 7) is 5.55. The van der Waals surface area contributed by atoms with Crippen molar-refractivity contribution < 1.29 is 14.6 Å². The largest absolute Gasteiger partial charge is 0.442 e. The molecule has 1 N–H and O–H groups in total. The first-order valence-corrected chi connectivity index (χ1v) is 8.99. The highest BCUT2D eigenvalue weighted by Crippen LogP contribution is 2.46. The smallest absolute Gasteiger partial charge is 0.430 e. The highest BCUT2D eigenvalue weighted by molar-refractivity contribution is 5.75. The van der Waals surface area contributed by atoms with Gasteiger partial charge in [0, 0.05) is 0 Å². The lowest BCUT2D eigenvalue weighted by Gasteiger charge is -2.34. The Morgan fingerprint density at radius 3 is 2.42 bits per heavy atom. The van der Waals surface area contributed by atoms with Crippen molar-refractivity contribution in [3.8, 4) is 0 Å². The molecule has 2 aromatic carbocycles. The first kappa shape index (κ1) is 16.9. The summed E-state index contributed by atoms with van der Waals surface area (Å²) in [5.74, 6) is 0. The van der Waals surface area contributed by atoms with Gasteiger partial charge in [0.05, 0.1) is 11.7 Å². The lowest BCUT2D eigenvalue weighted by molar-refractivity contribution is 0.0127. The van der Waals surface area contributed by atoms with Gasteiger partial charge >= 0.3 is 6.09 Å². The first-order chi connectivity index (χ1) is 12.4. The van der Waals surface area contributed by atoms with Crippen molar-refractivity contribution in [2.75, 3.05) is 5.01 Å². The second-order valence-corrected chi connectivity index (χ2v) is 7.92. The number of hydrazine groups is 1. The summed E-state index contributed by atoms with van der Waals surface area (Å²) < 4.78 is 5.68. The van der Waals surface area contributed by atoms with Crippen LogP contribution in [0.3, 0.4) is 0 Å². The van der Waals surface area contributed by atoms with E-state index >= 15 is 0 Å². The minimum atomic E-state index is -0.697. The van der Waals surface area contributed by atoms with Crippen LogP contribution in [0.15, 0.2) is 54.6 Å². The second kappa shape index (κ2) is 6.02. The number of anilines is 1. The molecule has 3 atom stereocenters. The van der Waals surface area contributed by atoms with Gasteiger partial charge < -0.3 is 9.84 Å². The number of carbonyl (C=O) groups excluding carboxylic acids is 1. The van der Waals surface area contributed by atoms with Crippen LogP contribution in [0.1, 0.15) is 37.9 Å². The van der Waals surface area contributed by atoms with E-state index in [9.17, 15) is 9.90 Å². The fourth-order valence-corrected chi connectivity index (χ4v) is 3.93.